The monoisotopic (exact) mass is 452 g/mol. The fourth-order valence-electron chi connectivity index (χ4n) is 6.72. The van der Waals surface area contributed by atoms with Crippen molar-refractivity contribution >= 4 is 18.7 Å². The topological polar surface area (TPSA) is 17.3 Å². The van der Waals surface area contributed by atoms with Crippen LogP contribution >= 0.6 is 0 Å². The van der Waals surface area contributed by atoms with E-state index in [-0.39, 0.29) is 11.8 Å². The van der Waals surface area contributed by atoms with Gasteiger partial charge in [0, 0.05) is 28.9 Å². The van der Waals surface area contributed by atoms with Gasteiger partial charge < -0.3 is 4.48 Å². The van der Waals surface area contributed by atoms with Crippen molar-refractivity contribution in [3.8, 4) is 0 Å². The van der Waals surface area contributed by atoms with Crippen molar-refractivity contribution in [3.63, 3.8) is 0 Å². The molecule has 4 bridgehead atoms. The van der Waals surface area contributed by atoms with E-state index in [4.69, 9.17) is 4.99 Å². The molecule has 2 nitrogen and oxygen atoms in total. The number of benzene rings is 2. The molecule has 0 amide bonds. The molecule has 170 valence electrons. The lowest BCUT2D eigenvalue weighted by atomic mass is 9.65. The summed E-state index contributed by atoms with van der Waals surface area (Å²) in [5.74, 6) is 0.159. The third-order valence-corrected chi connectivity index (χ3v) is 8.12. The summed E-state index contributed by atoms with van der Waals surface area (Å²) in [6, 6.07) is 17.6. The SMILES string of the molecule is CCc1c(C)c(/C(C)=C2\N=C(C)C3=C2[C@@H]2c4ccc(cc4)[C@H]3c3ccccc32)n(B(F)F)c1C. The highest BCUT2D eigenvalue weighted by Gasteiger charge is 2.43. The van der Waals surface area contributed by atoms with Crippen molar-refractivity contribution in [2.45, 2.75) is 52.9 Å². The summed E-state index contributed by atoms with van der Waals surface area (Å²) in [4.78, 5) is 5.10. The van der Waals surface area contributed by atoms with Gasteiger partial charge in [-0.2, -0.15) is 0 Å². The lowest BCUT2D eigenvalue weighted by Gasteiger charge is -2.37. The molecule has 5 aliphatic carbocycles. The van der Waals surface area contributed by atoms with Crippen LogP contribution in [0, 0.1) is 13.8 Å². The lowest BCUT2D eigenvalue weighted by molar-refractivity contribution is 0.623. The van der Waals surface area contributed by atoms with Crippen LogP contribution in [0.5, 0.6) is 0 Å². The number of aliphatic imine (C=N–C) groups is 1. The predicted octanol–water partition coefficient (Wildman–Crippen LogP) is 7.23. The molecule has 0 saturated heterocycles. The predicted molar refractivity (Wildman–Crippen MR) is 136 cm³/mol. The summed E-state index contributed by atoms with van der Waals surface area (Å²) in [6.07, 6.45) is 0.729. The first-order valence-corrected chi connectivity index (χ1v) is 12.0. The molecule has 9 rings (SSSR count). The molecular weight excluding hydrogens is 425 g/mol. The van der Waals surface area contributed by atoms with Crippen LogP contribution in [-0.4, -0.2) is 17.6 Å². The van der Waals surface area contributed by atoms with Crippen molar-refractivity contribution in [1.82, 2.24) is 4.48 Å². The normalized spacial score (nSPS) is 21.3. The van der Waals surface area contributed by atoms with E-state index in [1.54, 1.807) is 0 Å². The molecule has 1 aliphatic heterocycles. The molecule has 0 unspecified atom stereocenters. The quantitative estimate of drug-likeness (QED) is 0.373. The molecule has 0 radical (unpaired) electrons. The number of hydrogen-bond donors (Lipinski definition) is 0. The molecule has 0 saturated carbocycles. The Morgan fingerprint density at radius 2 is 1.47 bits per heavy atom. The van der Waals surface area contributed by atoms with Crippen LogP contribution in [0.3, 0.4) is 0 Å². The van der Waals surface area contributed by atoms with Gasteiger partial charge in [0.2, 0.25) is 0 Å². The first kappa shape index (κ1) is 21.3. The second-order valence-corrected chi connectivity index (χ2v) is 9.70. The third kappa shape index (κ3) is 2.64. The van der Waals surface area contributed by atoms with Crippen molar-refractivity contribution in [2.75, 3.05) is 0 Å². The van der Waals surface area contributed by atoms with E-state index in [2.05, 4.69) is 55.5 Å². The van der Waals surface area contributed by atoms with Crippen LogP contribution in [0.2, 0.25) is 0 Å². The van der Waals surface area contributed by atoms with E-state index in [0.717, 1.165) is 34.5 Å². The summed E-state index contributed by atoms with van der Waals surface area (Å²) in [6.45, 7) is 9.86. The largest absolute Gasteiger partial charge is 0.677 e. The van der Waals surface area contributed by atoms with Crippen molar-refractivity contribution in [3.05, 3.63) is 110 Å². The van der Waals surface area contributed by atoms with E-state index in [1.165, 1.54) is 37.9 Å². The van der Waals surface area contributed by atoms with Gasteiger partial charge in [-0.15, -0.1) is 0 Å². The Labute approximate surface area is 199 Å². The average Bonchev–Trinajstić information content (AvgIpc) is 3.27. The Morgan fingerprint density at radius 1 is 0.912 bits per heavy atom. The zero-order valence-electron chi connectivity index (χ0n) is 20.2. The van der Waals surface area contributed by atoms with Gasteiger partial charge in [0.05, 0.1) is 5.70 Å². The fraction of sp³-hybridized carbons (Fsp3) is 0.276. The van der Waals surface area contributed by atoms with Crippen molar-refractivity contribution in [1.29, 1.82) is 0 Å². The van der Waals surface area contributed by atoms with Gasteiger partial charge in [-0.3, -0.25) is 13.6 Å². The first-order chi connectivity index (χ1) is 16.3. The van der Waals surface area contributed by atoms with Gasteiger partial charge in [-0.25, -0.2) is 0 Å². The highest BCUT2D eigenvalue weighted by Crippen LogP contribution is 2.56. The van der Waals surface area contributed by atoms with E-state index in [0.29, 0.717) is 11.4 Å². The molecule has 1 aromatic heterocycles. The van der Waals surface area contributed by atoms with E-state index < -0.39 is 7.40 Å². The highest BCUT2D eigenvalue weighted by atomic mass is 19.2. The van der Waals surface area contributed by atoms with Crippen LogP contribution in [0.4, 0.5) is 8.63 Å². The van der Waals surface area contributed by atoms with Gasteiger partial charge in [0.25, 0.3) is 0 Å². The van der Waals surface area contributed by atoms with E-state index in [9.17, 15) is 8.63 Å². The highest BCUT2D eigenvalue weighted by molar-refractivity contribution is 6.41. The van der Waals surface area contributed by atoms with Crippen molar-refractivity contribution in [2.24, 2.45) is 4.99 Å². The standard InChI is InChI=1S/C29H27BF2N2/c1-6-21-15(2)29(34(18(21)5)30(31)32)16(3)28-27-24(17(4)33-28)25-19-11-13-20(14-12-19)26(27)23-10-8-7-9-22(23)25/h7-14,25-26H,6H2,1-5H3/b28-16-/t25-,26+/m0/s1. The Morgan fingerprint density at radius 3 is 2.00 bits per heavy atom. The summed E-state index contributed by atoms with van der Waals surface area (Å²) < 4.78 is 29.9. The molecule has 34 heavy (non-hydrogen) atoms. The van der Waals surface area contributed by atoms with Crippen LogP contribution in [0.1, 0.15) is 77.4 Å². The number of rotatable bonds is 3. The smallest absolute Gasteiger partial charge is 0.329 e. The van der Waals surface area contributed by atoms with Gasteiger partial charge in [0.1, 0.15) is 0 Å². The zero-order valence-corrected chi connectivity index (χ0v) is 20.2. The van der Waals surface area contributed by atoms with Crippen LogP contribution in [0.15, 0.2) is 70.4 Å². The molecule has 2 heterocycles. The zero-order chi connectivity index (χ0) is 23.9. The maximum atomic E-state index is 14.3. The molecule has 0 spiro atoms. The summed E-state index contributed by atoms with van der Waals surface area (Å²) in [7, 11) is -2.59. The minimum atomic E-state index is -2.59. The Balaban J connectivity index is 1.67. The van der Waals surface area contributed by atoms with Crippen LogP contribution in [-0.2, 0) is 6.42 Å². The second-order valence-electron chi connectivity index (χ2n) is 9.70. The molecule has 2 atom stereocenters. The molecule has 6 aliphatic rings. The minimum Gasteiger partial charge on any atom is -0.329 e. The fourth-order valence-corrected chi connectivity index (χ4v) is 6.72. The molecule has 3 aromatic rings. The van der Waals surface area contributed by atoms with Gasteiger partial charge >= 0.3 is 7.40 Å². The second kappa shape index (κ2) is 7.40. The first-order valence-electron chi connectivity index (χ1n) is 12.0. The number of hydrogen-bond acceptors (Lipinski definition) is 1. The molecule has 0 N–H and O–H groups in total. The summed E-state index contributed by atoms with van der Waals surface area (Å²) >= 11 is 0. The molecule has 2 aromatic carbocycles. The van der Waals surface area contributed by atoms with Crippen molar-refractivity contribution < 1.29 is 8.63 Å². The third-order valence-electron chi connectivity index (χ3n) is 8.12. The maximum Gasteiger partial charge on any atom is 0.677 e. The Bertz CT molecular complexity index is 1450. The van der Waals surface area contributed by atoms with E-state index in [1.807, 2.05) is 27.7 Å². The van der Waals surface area contributed by atoms with E-state index >= 15 is 0 Å². The molecular formula is C29H27BF2N2. The van der Waals surface area contributed by atoms with Gasteiger partial charge in [0.15, 0.2) is 0 Å². The van der Waals surface area contributed by atoms with Gasteiger partial charge in [-0.1, -0.05) is 55.5 Å². The minimum absolute atomic E-state index is 0.0463. The van der Waals surface area contributed by atoms with Gasteiger partial charge in [-0.05, 0) is 84.2 Å². The van der Waals surface area contributed by atoms with Crippen LogP contribution in [0.25, 0.3) is 5.57 Å². The average molecular weight is 452 g/mol. The Kier molecular flexibility index (Phi) is 4.64. The Hall–Kier alpha value is -3.21. The number of nitrogens with zero attached hydrogens (tertiary/aromatic N) is 2. The molecule has 0 fully saturated rings. The maximum absolute atomic E-state index is 14.3. The molecule has 5 heteroatoms. The number of halogens is 2. The summed E-state index contributed by atoms with van der Waals surface area (Å²) in [5, 5.41) is 0. The lowest BCUT2D eigenvalue weighted by Crippen LogP contribution is -2.24. The summed E-state index contributed by atoms with van der Waals surface area (Å²) in [5.41, 5.74) is 13.5. The number of allylic oxidation sites excluding steroid dienone is 3. The number of aromatic nitrogens is 1. The van der Waals surface area contributed by atoms with Crippen LogP contribution < -0.4 is 0 Å².